The number of halogens is 3. The Labute approximate surface area is 399 Å². The molecule has 1 N–H and O–H groups in total. The van der Waals surface area contributed by atoms with E-state index < -0.39 is 38.1 Å². The molecule has 0 radical (unpaired) electrons. The number of benzene rings is 3. The first-order valence-corrected chi connectivity index (χ1v) is 23.6. The summed E-state index contributed by atoms with van der Waals surface area (Å²) >= 11 is 0. The molecule has 7 rings (SSSR count). The van der Waals surface area contributed by atoms with Gasteiger partial charge in [-0.3, -0.25) is 34.2 Å². The van der Waals surface area contributed by atoms with Crippen LogP contribution in [0.25, 0.3) is 0 Å². The normalized spacial score (nSPS) is 15.2. The SMILES string of the molecule is CC(=O)N(c1cccnc1)c1ccc2c(c1)Oc1cc(N(C(=O)C(F)(F)F)c3cccnc3)ccc1C21OC(=O)c2ccc(C(=O)NCCCCCCOP(OCCC#N)N(C(C)C)C(C)C)cc21. The Hall–Kier alpha value is -6.77. The zero-order valence-electron chi connectivity index (χ0n) is 38.7. The molecule has 3 aromatic carbocycles. The Morgan fingerprint density at radius 2 is 1.38 bits per heavy atom. The molecule has 5 aromatic rings. The fourth-order valence-electron chi connectivity index (χ4n) is 8.45. The molecular weight excluding hydrogens is 915 g/mol. The topological polar surface area (TPSA) is 177 Å². The average molecular weight is 966 g/mol. The Morgan fingerprint density at radius 1 is 0.783 bits per heavy atom. The molecule has 69 heavy (non-hydrogen) atoms. The van der Waals surface area contributed by atoms with Crippen molar-refractivity contribution in [1.29, 1.82) is 5.26 Å². The molecule has 19 heteroatoms. The lowest BCUT2D eigenvalue weighted by molar-refractivity contribution is -0.169. The lowest BCUT2D eigenvalue weighted by Crippen LogP contribution is -2.38. The van der Waals surface area contributed by atoms with Crippen molar-refractivity contribution in [3.05, 3.63) is 131 Å². The predicted molar refractivity (Wildman–Crippen MR) is 251 cm³/mol. The van der Waals surface area contributed by atoms with Crippen LogP contribution in [0.2, 0.25) is 0 Å². The number of amides is 3. The second-order valence-corrected chi connectivity index (χ2v) is 18.2. The quantitative estimate of drug-likeness (QED) is 0.0471. The van der Waals surface area contributed by atoms with Gasteiger partial charge in [0, 0.05) is 72.3 Å². The van der Waals surface area contributed by atoms with Gasteiger partial charge in [-0.05, 0) is 107 Å². The molecule has 0 bridgehead atoms. The van der Waals surface area contributed by atoms with Gasteiger partial charge in [-0.25, -0.2) is 9.46 Å². The number of carbonyl (C=O) groups excluding carboxylic acids is 4. The van der Waals surface area contributed by atoms with Crippen LogP contribution in [0.15, 0.2) is 104 Å². The molecule has 4 heterocycles. The number of hydrogen-bond acceptors (Lipinski definition) is 12. The number of aromatic nitrogens is 2. The molecule has 1 spiro atoms. The first-order chi connectivity index (χ1) is 33.1. The third-order valence-corrected chi connectivity index (χ3v) is 13.4. The molecule has 2 atom stereocenters. The lowest BCUT2D eigenvalue weighted by Gasteiger charge is -2.37. The van der Waals surface area contributed by atoms with Gasteiger partial charge in [0.15, 0.2) is 5.60 Å². The maximum Gasteiger partial charge on any atom is 0.472 e. The van der Waals surface area contributed by atoms with E-state index >= 15 is 0 Å². The number of pyridine rings is 2. The van der Waals surface area contributed by atoms with Crippen LogP contribution in [0, 0.1) is 11.3 Å². The number of fused-ring (bicyclic) bond motifs is 6. The Balaban J connectivity index is 1.16. The van der Waals surface area contributed by atoms with Crippen molar-refractivity contribution in [3.8, 4) is 17.6 Å². The molecule has 0 aliphatic carbocycles. The Kier molecular flexibility index (Phi) is 15.7. The minimum absolute atomic E-state index is 0.0713. The van der Waals surface area contributed by atoms with E-state index in [4.69, 9.17) is 23.8 Å². The summed E-state index contributed by atoms with van der Waals surface area (Å²) in [5.74, 6) is -3.72. The van der Waals surface area contributed by atoms with Crippen LogP contribution in [-0.2, 0) is 29.0 Å². The molecular formula is C50H51F3N7O8P. The number of alkyl halides is 3. The van der Waals surface area contributed by atoms with Gasteiger partial charge >= 0.3 is 18.1 Å². The van der Waals surface area contributed by atoms with Gasteiger partial charge in [0.25, 0.3) is 14.4 Å². The van der Waals surface area contributed by atoms with E-state index in [0.29, 0.717) is 48.0 Å². The zero-order chi connectivity index (χ0) is 49.5. The summed E-state index contributed by atoms with van der Waals surface area (Å²) in [6.07, 6.45) is 3.58. The average Bonchev–Trinajstić information content (AvgIpc) is 3.60. The van der Waals surface area contributed by atoms with Crippen LogP contribution in [-0.4, -0.2) is 76.3 Å². The Morgan fingerprint density at radius 3 is 1.94 bits per heavy atom. The number of nitrogens with zero attached hydrogens (tertiary/aromatic N) is 6. The van der Waals surface area contributed by atoms with E-state index in [1.165, 1.54) is 72.7 Å². The van der Waals surface area contributed by atoms with Gasteiger partial charge in [-0.1, -0.05) is 12.8 Å². The number of hydrogen-bond donors (Lipinski definition) is 1. The second kappa shape index (κ2) is 21.7. The lowest BCUT2D eigenvalue weighted by atomic mass is 9.77. The number of nitrogens with one attached hydrogen (secondary N) is 1. The van der Waals surface area contributed by atoms with Crippen LogP contribution in [0.4, 0.5) is 35.9 Å². The summed E-state index contributed by atoms with van der Waals surface area (Å²) in [6.45, 7) is 10.8. The van der Waals surface area contributed by atoms with Crippen LogP contribution in [0.1, 0.15) is 104 Å². The maximum absolute atomic E-state index is 14.2. The largest absolute Gasteiger partial charge is 0.472 e. The summed E-state index contributed by atoms with van der Waals surface area (Å²) in [5.41, 5.74) is -0.350. The monoisotopic (exact) mass is 965 g/mol. The van der Waals surface area contributed by atoms with Gasteiger partial charge in [-0.2, -0.15) is 18.4 Å². The number of anilines is 4. The highest BCUT2D eigenvalue weighted by Crippen LogP contribution is 2.58. The van der Waals surface area contributed by atoms with Crippen LogP contribution < -0.4 is 19.9 Å². The van der Waals surface area contributed by atoms with E-state index in [9.17, 15) is 32.3 Å². The van der Waals surface area contributed by atoms with Gasteiger partial charge in [0.05, 0.1) is 66.4 Å². The fourth-order valence-corrected chi connectivity index (χ4v) is 10.1. The highest BCUT2D eigenvalue weighted by molar-refractivity contribution is 7.44. The van der Waals surface area contributed by atoms with Crippen molar-refractivity contribution in [3.63, 3.8) is 0 Å². The molecule has 2 aliphatic heterocycles. The molecule has 0 fully saturated rings. The number of esters is 1. The van der Waals surface area contributed by atoms with Crippen LogP contribution in [0.3, 0.4) is 0 Å². The summed E-state index contributed by atoms with van der Waals surface area (Å²) in [5, 5.41) is 12.0. The summed E-state index contributed by atoms with van der Waals surface area (Å²) in [6, 6.07) is 21.8. The molecule has 2 aromatic heterocycles. The highest BCUT2D eigenvalue weighted by Gasteiger charge is 2.54. The van der Waals surface area contributed by atoms with E-state index in [1.807, 2.05) is 0 Å². The standard InChI is InChI=1S/C50H51F3N7O8P/c1-32(2)60(33(3)4)69(66-26-12-21-54)65-25-9-7-6-8-24-57-46(62)35-15-18-40-43(27-35)49(68-47(40)63)41-19-16-36(58(34(5)61)38-13-10-22-55-30-38)28-44(41)67-45-29-37(17-20-42(45)49)59(48(64)50(51,52)53)39-14-11-23-56-31-39/h10-11,13-20,22-23,27-33H,6-9,12,24-26H2,1-5H3,(H,57,62). The molecule has 0 saturated carbocycles. The number of nitriles is 1. The number of unbranched alkanes of at least 4 members (excludes halogenated alkanes) is 3. The van der Waals surface area contributed by atoms with E-state index in [-0.39, 0.29) is 69.5 Å². The highest BCUT2D eigenvalue weighted by atomic mass is 31.2. The molecule has 2 unspecified atom stereocenters. The van der Waals surface area contributed by atoms with Crippen molar-refractivity contribution >= 4 is 55.0 Å². The molecule has 3 amide bonds. The van der Waals surface area contributed by atoms with Crippen LogP contribution >= 0.6 is 8.53 Å². The van der Waals surface area contributed by atoms with Gasteiger partial charge in [0.1, 0.15) is 11.5 Å². The minimum Gasteiger partial charge on any atom is -0.456 e. The fraction of sp³-hybridized carbons (Fsp3) is 0.340. The zero-order valence-corrected chi connectivity index (χ0v) is 39.6. The van der Waals surface area contributed by atoms with Crippen molar-refractivity contribution in [2.45, 2.75) is 90.6 Å². The first kappa shape index (κ1) is 50.1. The van der Waals surface area contributed by atoms with Crippen molar-refractivity contribution in [1.82, 2.24) is 20.0 Å². The Bertz CT molecular complexity index is 2720. The van der Waals surface area contributed by atoms with E-state index in [2.05, 4.69) is 53.7 Å². The first-order valence-electron chi connectivity index (χ1n) is 22.4. The number of rotatable bonds is 19. The third kappa shape index (κ3) is 10.8. The van der Waals surface area contributed by atoms with Gasteiger partial charge in [0.2, 0.25) is 5.91 Å². The van der Waals surface area contributed by atoms with Crippen LogP contribution in [0.5, 0.6) is 11.5 Å². The van der Waals surface area contributed by atoms with Gasteiger partial charge < -0.3 is 23.8 Å². The number of ether oxygens (including phenoxy) is 2. The summed E-state index contributed by atoms with van der Waals surface area (Å²) in [4.78, 5) is 63.8. The van der Waals surface area contributed by atoms with E-state index in [0.717, 1.165) is 25.5 Å². The summed E-state index contributed by atoms with van der Waals surface area (Å²) in [7, 11) is -1.33. The third-order valence-electron chi connectivity index (χ3n) is 11.3. The summed E-state index contributed by atoms with van der Waals surface area (Å²) < 4.78 is 69.7. The van der Waals surface area contributed by atoms with Gasteiger partial charge in [-0.15, -0.1) is 0 Å². The number of carbonyl (C=O) groups is 4. The molecule has 0 saturated heterocycles. The van der Waals surface area contributed by atoms with Crippen molar-refractivity contribution in [2.24, 2.45) is 0 Å². The maximum atomic E-state index is 14.2. The molecule has 360 valence electrons. The molecule has 2 aliphatic rings. The smallest absolute Gasteiger partial charge is 0.456 e. The van der Waals surface area contributed by atoms with E-state index in [1.54, 1.807) is 36.5 Å². The predicted octanol–water partition coefficient (Wildman–Crippen LogP) is 10.5. The van der Waals surface area contributed by atoms with Crippen molar-refractivity contribution < 1.29 is 50.9 Å². The molecule has 15 nitrogen and oxygen atoms in total. The van der Waals surface area contributed by atoms with Crippen molar-refractivity contribution in [2.75, 3.05) is 29.6 Å². The second-order valence-electron chi connectivity index (χ2n) is 16.8. The minimum atomic E-state index is -5.28.